The fraction of sp³-hybridized carbons (Fsp3) is 0.364. The molecule has 0 spiro atoms. The minimum absolute atomic E-state index is 0.0747. The minimum atomic E-state index is 0.0747. The summed E-state index contributed by atoms with van der Waals surface area (Å²) in [6, 6.07) is 14.4. The second-order valence-electron chi connectivity index (χ2n) is 7.62. The van der Waals surface area contributed by atoms with E-state index in [1.807, 2.05) is 24.3 Å². The van der Waals surface area contributed by atoms with Gasteiger partial charge in [-0.25, -0.2) is 4.98 Å². The third-order valence-corrected chi connectivity index (χ3v) is 6.81. The molecule has 2 N–H and O–H groups in total. The summed E-state index contributed by atoms with van der Waals surface area (Å²) in [5, 5.41) is 4.22. The van der Waals surface area contributed by atoms with Crippen LogP contribution >= 0.6 is 11.3 Å². The van der Waals surface area contributed by atoms with E-state index in [2.05, 4.69) is 23.5 Å². The van der Waals surface area contributed by atoms with Crippen LogP contribution in [-0.4, -0.2) is 30.8 Å². The van der Waals surface area contributed by atoms with Gasteiger partial charge in [0.2, 0.25) is 6.79 Å². The maximum Gasteiger partial charge on any atom is 0.275 e. The number of thiazole rings is 1. The number of carbonyl (C=O) groups excluding carboxylic acids is 1. The number of hydrogen-bond acceptors (Lipinski definition) is 5. The van der Waals surface area contributed by atoms with Gasteiger partial charge in [0.25, 0.3) is 5.91 Å². The molecule has 1 saturated heterocycles. The minimum Gasteiger partial charge on any atom is -0.454 e. The molecule has 1 fully saturated rings. The van der Waals surface area contributed by atoms with E-state index >= 15 is 0 Å². The molecule has 2 aliphatic heterocycles. The van der Waals surface area contributed by atoms with Gasteiger partial charge in [0.1, 0.15) is 6.04 Å². The number of nitrogens with one attached hydrogen (secondary N) is 2. The second-order valence-corrected chi connectivity index (χ2v) is 8.68. The van der Waals surface area contributed by atoms with E-state index in [9.17, 15) is 4.79 Å². The van der Waals surface area contributed by atoms with Gasteiger partial charge in [0.15, 0.2) is 23.1 Å². The van der Waals surface area contributed by atoms with Gasteiger partial charge in [-0.2, -0.15) is 0 Å². The number of nitrogens with zero attached hydrogens (tertiary/aromatic N) is 1. The maximum atomic E-state index is 12.7. The summed E-state index contributed by atoms with van der Waals surface area (Å²) >= 11 is 1.77. The molecular weight excluding hydrogens is 386 g/mol. The molecule has 0 bridgehead atoms. The van der Waals surface area contributed by atoms with Gasteiger partial charge in [-0.05, 0) is 42.7 Å². The molecule has 1 unspecified atom stereocenters. The Hall–Kier alpha value is -2.64. The fourth-order valence-corrected chi connectivity index (χ4v) is 5.31. The van der Waals surface area contributed by atoms with Crippen molar-refractivity contribution in [3.8, 4) is 11.5 Å². The van der Waals surface area contributed by atoms with Crippen LogP contribution in [0.1, 0.15) is 35.9 Å². The number of fused-ring (bicyclic) bond motifs is 2. The molecule has 2 aliphatic rings. The lowest BCUT2D eigenvalue weighted by molar-refractivity contribution is -0.929. The molecule has 0 aliphatic carbocycles. The first kappa shape index (κ1) is 18.4. The van der Waals surface area contributed by atoms with Crippen LogP contribution in [0.5, 0.6) is 11.5 Å². The van der Waals surface area contributed by atoms with Crippen LogP contribution in [-0.2, 0) is 11.3 Å². The van der Waals surface area contributed by atoms with E-state index < -0.39 is 0 Å². The highest BCUT2D eigenvalue weighted by molar-refractivity contribution is 7.18. The average molecular weight is 411 g/mol. The molecule has 3 heterocycles. The number of amides is 1. The Balaban J connectivity index is 1.23. The summed E-state index contributed by atoms with van der Waals surface area (Å²) in [7, 11) is 0. The summed E-state index contributed by atoms with van der Waals surface area (Å²) in [6.07, 6.45) is 3.44. The number of piperidine rings is 1. The largest absolute Gasteiger partial charge is 0.454 e. The van der Waals surface area contributed by atoms with Crippen molar-refractivity contribution in [3.63, 3.8) is 0 Å². The molecule has 0 saturated carbocycles. The van der Waals surface area contributed by atoms with Crippen molar-refractivity contribution in [2.45, 2.75) is 31.8 Å². The van der Waals surface area contributed by atoms with Crippen molar-refractivity contribution in [3.05, 3.63) is 53.0 Å². The summed E-state index contributed by atoms with van der Waals surface area (Å²) in [4.78, 5) is 18.8. The third kappa shape index (κ3) is 3.93. The lowest BCUT2D eigenvalue weighted by Crippen LogP contribution is -3.14. The Kier molecular flexibility index (Phi) is 5.08. The fourth-order valence-electron chi connectivity index (χ4n) is 4.15. The van der Waals surface area contributed by atoms with Crippen molar-refractivity contribution >= 4 is 27.5 Å². The van der Waals surface area contributed by atoms with E-state index in [0.29, 0.717) is 19.1 Å². The smallest absolute Gasteiger partial charge is 0.275 e. The molecule has 7 heteroatoms. The highest BCUT2D eigenvalue weighted by Gasteiger charge is 2.31. The number of benzene rings is 2. The highest BCUT2D eigenvalue weighted by atomic mass is 32.1. The third-order valence-electron chi connectivity index (χ3n) is 5.66. The summed E-state index contributed by atoms with van der Waals surface area (Å²) in [6.45, 7) is 2.24. The van der Waals surface area contributed by atoms with E-state index in [1.165, 1.54) is 16.0 Å². The number of carbonyl (C=O) groups is 1. The van der Waals surface area contributed by atoms with Crippen LogP contribution in [0, 0.1) is 0 Å². The summed E-state index contributed by atoms with van der Waals surface area (Å²) in [5.74, 6) is 1.58. The highest BCUT2D eigenvalue weighted by Crippen LogP contribution is 2.32. The van der Waals surface area contributed by atoms with Crippen molar-refractivity contribution in [2.24, 2.45) is 0 Å². The molecule has 6 nitrogen and oxygen atoms in total. The van der Waals surface area contributed by atoms with Gasteiger partial charge in [0.05, 0.1) is 16.8 Å². The van der Waals surface area contributed by atoms with Gasteiger partial charge in [-0.1, -0.05) is 18.2 Å². The van der Waals surface area contributed by atoms with Gasteiger partial charge < -0.3 is 19.7 Å². The van der Waals surface area contributed by atoms with Crippen LogP contribution in [0.25, 0.3) is 10.2 Å². The zero-order valence-electron chi connectivity index (χ0n) is 16.1. The number of rotatable bonds is 5. The average Bonchev–Trinajstić information content (AvgIpc) is 3.39. The molecule has 1 amide bonds. The predicted molar refractivity (Wildman–Crippen MR) is 111 cm³/mol. The predicted octanol–water partition coefficient (Wildman–Crippen LogP) is 2.45. The molecule has 2 atom stereocenters. The zero-order chi connectivity index (χ0) is 19.6. The van der Waals surface area contributed by atoms with Crippen LogP contribution in [0.3, 0.4) is 0 Å². The molecule has 150 valence electrons. The van der Waals surface area contributed by atoms with Gasteiger partial charge >= 0.3 is 0 Å². The SMILES string of the molecule is O=C(C[NH+]1CCCC[C@H]1c1nc2ccccc2s1)NCc1ccc2c(c1)OCO2. The molecule has 2 aromatic carbocycles. The van der Waals surface area contributed by atoms with Gasteiger partial charge in [-0.3, -0.25) is 4.79 Å². The number of likely N-dealkylation sites (tertiary alicyclic amines) is 1. The molecule has 5 rings (SSSR count). The molecular formula is C22H24N3O3S+. The van der Waals surface area contributed by atoms with E-state index in [1.54, 1.807) is 11.3 Å². The standard InChI is InChI=1S/C22H23N3O3S/c26-21(23-12-15-8-9-18-19(11-15)28-14-27-18)13-25-10-4-3-6-17(25)22-24-16-5-1-2-7-20(16)29-22/h1-2,5,7-9,11,17H,3-4,6,10,12-14H2,(H,23,26)/p+1/t17-/m0/s1. The maximum absolute atomic E-state index is 12.7. The second kappa shape index (κ2) is 8.00. The molecule has 0 radical (unpaired) electrons. The normalized spacial score (nSPS) is 20.7. The number of ether oxygens (including phenoxy) is 2. The quantitative estimate of drug-likeness (QED) is 0.678. The van der Waals surface area contributed by atoms with Crippen LogP contribution in [0.2, 0.25) is 0 Å². The Morgan fingerprint density at radius 2 is 2.07 bits per heavy atom. The Morgan fingerprint density at radius 3 is 3.00 bits per heavy atom. The van der Waals surface area contributed by atoms with Crippen molar-refractivity contribution in [1.29, 1.82) is 0 Å². The summed E-state index contributed by atoms with van der Waals surface area (Å²) < 4.78 is 12.0. The number of quaternary nitrogens is 1. The van der Waals surface area contributed by atoms with E-state index in [0.717, 1.165) is 47.0 Å². The van der Waals surface area contributed by atoms with Crippen molar-refractivity contribution in [2.75, 3.05) is 19.9 Å². The Bertz CT molecular complexity index is 1000. The lowest BCUT2D eigenvalue weighted by Gasteiger charge is -2.30. The van der Waals surface area contributed by atoms with Gasteiger partial charge in [0, 0.05) is 13.0 Å². The first-order chi connectivity index (χ1) is 14.3. The first-order valence-corrected chi connectivity index (χ1v) is 10.9. The first-order valence-electron chi connectivity index (χ1n) is 10.1. The van der Waals surface area contributed by atoms with Crippen molar-refractivity contribution in [1.82, 2.24) is 10.3 Å². The van der Waals surface area contributed by atoms with E-state index in [4.69, 9.17) is 14.5 Å². The molecule has 29 heavy (non-hydrogen) atoms. The monoisotopic (exact) mass is 410 g/mol. The zero-order valence-corrected chi connectivity index (χ0v) is 17.0. The topological polar surface area (TPSA) is 64.9 Å². The number of aromatic nitrogens is 1. The summed E-state index contributed by atoms with van der Waals surface area (Å²) in [5.41, 5.74) is 2.07. The Morgan fingerprint density at radius 1 is 1.17 bits per heavy atom. The Labute approximate surface area is 173 Å². The number of para-hydroxylation sites is 1. The van der Waals surface area contributed by atoms with Crippen LogP contribution in [0.4, 0.5) is 0 Å². The molecule has 1 aromatic heterocycles. The molecule has 3 aromatic rings. The van der Waals surface area contributed by atoms with Crippen molar-refractivity contribution < 1.29 is 19.2 Å². The lowest BCUT2D eigenvalue weighted by atomic mass is 10.0. The number of hydrogen-bond donors (Lipinski definition) is 2. The van der Waals surface area contributed by atoms with Crippen LogP contribution in [0.15, 0.2) is 42.5 Å². The van der Waals surface area contributed by atoms with E-state index in [-0.39, 0.29) is 12.7 Å². The van der Waals surface area contributed by atoms with Gasteiger partial charge in [-0.15, -0.1) is 11.3 Å². The van der Waals surface area contributed by atoms with Crippen LogP contribution < -0.4 is 19.7 Å².